The van der Waals surface area contributed by atoms with Gasteiger partial charge in [0.25, 0.3) is 0 Å². The second kappa shape index (κ2) is 7.73. The lowest BCUT2D eigenvalue weighted by atomic mass is 10.1. The monoisotopic (exact) mass is 351 g/mol. The molecule has 0 saturated carbocycles. The molecule has 2 aromatic carbocycles. The van der Waals surface area contributed by atoms with Gasteiger partial charge in [-0.2, -0.15) is 0 Å². The summed E-state index contributed by atoms with van der Waals surface area (Å²) >= 11 is 5.75. The first-order valence-electron chi connectivity index (χ1n) is 7.30. The summed E-state index contributed by atoms with van der Waals surface area (Å²) in [5.41, 5.74) is 1.65. The number of hydrogen-bond acceptors (Lipinski definition) is 3. The lowest BCUT2D eigenvalue weighted by Gasteiger charge is -2.07. The highest BCUT2D eigenvalue weighted by atomic mass is 35.5. The summed E-state index contributed by atoms with van der Waals surface area (Å²) < 4.78 is 26.8. The zero-order chi connectivity index (χ0) is 16.9. The maximum absolute atomic E-state index is 12.1. The number of sulfonamides is 1. The molecule has 0 saturated heterocycles. The number of nitrogens with one attached hydrogen (secondary N) is 1. The van der Waals surface area contributed by atoms with E-state index in [4.69, 9.17) is 11.6 Å². The molecule has 0 atom stereocenters. The van der Waals surface area contributed by atoms with Gasteiger partial charge in [-0.05, 0) is 36.2 Å². The van der Waals surface area contributed by atoms with Gasteiger partial charge in [0.1, 0.15) is 0 Å². The fraction of sp³-hybridized carbons (Fsp3) is 0.235. The van der Waals surface area contributed by atoms with Crippen LogP contribution in [0.1, 0.15) is 29.3 Å². The molecule has 0 aliphatic rings. The van der Waals surface area contributed by atoms with Gasteiger partial charge in [0.2, 0.25) is 10.0 Å². The van der Waals surface area contributed by atoms with E-state index in [9.17, 15) is 13.2 Å². The lowest BCUT2D eigenvalue weighted by Crippen LogP contribution is -2.25. The molecule has 0 aliphatic carbocycles. The Bertz CT molecular complexity index is 768. The summed E-state index contributed by atoms with van der Waals surface area (Å²) in [4.78, 5) is 11.7. The molecule has 4 nitrogen and oxygen atoms in total. The van der Waals surface area contributed by atoms with Gasteiger partial charge in [0.05, 0.1) is 4.90 Å². The first-order chi connectivity index (χ1) is 10.9. The van der Waals surface area contributed by atoms with Crippen molar-refractivity contribution in [2.75, 3.05) is 6.54 Å². The Hall–Kier alpha value is -1.69. The minimum Gasteiger partial charge on any atom is -0.294 e. The van der Waals surface area contributed by atoms with Crippen LogP contribution in [0, 0.1) is 0 Å². The number of carbonyl (C=O) groups excluding carboxylic acids is 1. The summed E-state index contributed by atoms with van der Waals surface area (Å²) in [6, 6.07) is 13.3. The molecule has 0 aliphatic heterocycles. The van der Waals surface area contributed by atoms with Crippen molar-refractivity contribution in [3.05, 3.63) is 64.7 Å². The van der Waals surface area contributed by atoms with E-state index in [1.807, 2.05) is 19.1 Å². The Labute approximate surface area is 141 Å². The van der Waals surface area contributed by atoms with E-state index in [1.54, 1.807) is 24.3 Å². The second-order valence-corrected chi connectivity index (χ2v) is 7.28. The topological polar surface area (TPSA) is 63.2 Å². The SMILES string of the molecule is CCC(=O)c1ccc(CCNS(=O)(=O)c2ccc(Cl)cc2)cc1. The van der Waals surface area contributed by atoms with E-state index in [2.05, 4.69) is 4.72 Å². The number of benzene rings is 2. The van der Waals surface area contributed by atoms with E-state index in [1.165, 1.54) is 12.1 Å². The van der Waals surface area contributed by atoms with E-state index in [-0.39, 0.29) is 17.2 Å². The van der Waals surface area contributed by atoms with Gasteiger partial charge in [0, 0.05) is 23.6 Å². The molecule has 0 spiro atoms. The highest BCUT2D eigenvalue weighted by Crippen LogP contribution is 2.14. The number of Topliss-reactive ketones (excluding diaryl/α,β-unsaturated/α-hetero) is 1. The van der Waals surface area contributed by atoms with Gasteiger partial charge >= 0.3 is 0 Å². The average Bonchev–Trinajstić information content (AvgIpc) is 2.55. The smallest absolute Gasteiger partial charge is 0.240 e. The standard InChI is InChI=1S/C17H18ClNO3S/c1-2-17(20)14-5-3-13(4-6-14)11-12-19-23(21,22)16-9-7-15(18)8-10-16/h3-10,19H,2,11-12H2,1H3. The number of ketones is 1. The molecule has 0 bridgehead atoms. The van der Waals surface area contributed by atoms with Crippen LogP contribution in [-0.2, 0) is 16.4 Å². The Balaban J connectivity index is 1.94. The molecule has 6 heteroatoms. The van der Waals surface area contributed by atoms with Crippen LogP contribution in [0.5, 0.6) is 0 Å². The van der Waals surface area contributed by atoms with Crippen LogP contribution in [0.4, 0.5) is 0 Å². The van der Waals surface area contributed by atoms with Crippen molar-refractivity contribution in [3.63, 3.8) is 0 Å². The van der Waals surface area contributed by atoms with E-state index in [0.717, 1.165) is 5.56 Å². The third-order valence-electron chi connectivity index (χ3n) is 3.43. The highest BCUT2D eigenvalue weighted by Gasteiger charge is 2.13. The molecule has 122 valence electrons. The zero-order valence-electron chi connectivity index (χ0n) is 12.8. The number of halogens is 1. The van der Waals surface area contributed by atoms with Crippen molar-refractivity contribution in [3.8, 4) is 0 Å². The van der Waals surface area contributed by atoms with Gasteiger partial charge in [-0.15, -0.1) is 0 Å². The fourth-order valence-corrected chi connectivity index (χ4v) is 3.25. The molecule has 0 aromatic heterocycles. The molecule has 0 radical (unpaired) electrons. The van der Waals surface area contributed by atoms with E-state index >= 15 is 0 Å². The van der Waals surface area contributed by atoms with Gasteiger partial charge in [-0.3, -0.25) is 4.79 Å². The Morgan fingerprint density at radius 3 is 2.22 bits per heavy atom. The molecule has 0 fully saturated rings. The van der Waals surface area contributed by atoms with Crippen molar-refractivity contribution in [1.82, 2.24) is 4.72 Å². The Kier molecular flexibility index (Phi) is 5.93. The third-order valence-corrected chi connectivity index (χ3v) is 5.16. The molecule has 0 heterocycles. The molecular formula is C17H18ClNO3S. The predicted octanol–water partition coefficient (Wildman–Crippen LogP) is 3.45. The summed E-state index contributed by atoms with van der Waals surface area (Å²) in [5.74, 6) is 0.0972. The third kappa shape index (κ3) is 4.89. The lowest BCUT2D eigenvalue weighted by molar-refractivity contribution is 0.0988. The molecule has 23 heavy (non-hydrogen) atoms. The zero-order valence-corrected chi connectivity index (χ0v) is 14.3. The fourth-order valence-electron chi connectivity index (χ4n) is 2.09. The molecule has 2 rings (SSSR count). The Morgan fingerprint density at radius 2 is 1.65 bits per heavy atom. The van der Waals surface area contributed by atoms with Crippen LogP contribution in [0.3, 0.4) is 0 Å². The predicted molar refractivity (Wildman–Crippen MR) is 91.4 cm³/mol. The van der Waals surface area contributed by atoms with Crippen molar-refractivity contribution < 1.29 is 13.2 Å². The summed E-state index contributed by atoms with van der Waals surface area (Å²) in [6.45, 7) is 2.10. The first kappa shape index (κ1) is 17.7. The van der Waals surface area contributed by atoms with Crippen molar-refractivity contribution in [2.24, 2.45) is 0 Å². The van der Waals surface area contributed by atoms with Crippen LogP contribution in [0.15, 0.2) is 53.4 Å². The number of rotatable bonds is 7. The average molecular weight is 352 g/mol. The highest BCUT2D eigenvalue weighted by molar-refractivity contribution is 7.89. The van der Waals surface area contributed by atoms with Gasteiger partial charge < -0.3 is 0 Å². The normalized spacial score (nSPS) is 11.4. The molecular weight excluding hydrogens is 334 g/mol. The van der Waals surface area contributed by atoms with Crippen LogP contribution in [-0.4, -0.2) is 20.7 Å². The van der Waals surface area contributed by atoms with Crippen molar-refractivity contribution in [1.29, 1.82) is 0 Å². The van der Waals surface area contributed by atoms with Crippen LogP contribution >= 0.6 is 11.6 Å². The quantitative estimate of drug-likeness (QED) is 0.777. The maximum Gasteiger partial charge on any atom is 0.240 e. The van der Waals surface area contributed by atoms with E-state index in [0.29, 0.717) is 23.4 Å². The van der Waals surface area contributed by atoms with Gasteiger partial charge in [-0.1, -0.05) is 42.8 Å². The van der Waals surface area contributed by atoms with Gasteiger partial charge in [-0.25, -0.2) is 13.1 Å². The second-order valence-electron chi connectivity index (χ2n) is 5.08. The number of carbonyl (C=O) groups is 1. The minimum absolute atomic E-state index is 0.0972. The summed E-state index contributed by atoms with van der Waals surface area (Å²) in [7, 11) is -3.54. The minimum atomic E-state index is -3.54. The molecule has 1 N–H and O–H groups in total. The van der Waals surface area contributed by atoms with Crippen molar-refractivity contribution in [2.45, 2.75) is 24.7 Å². The summed E-state index contributed by atoms with van der Waals surface area (Å²) in [6.07, 6.45) is 1.02. The first-order valence-corrected chi connectivity index (χ1v) is 9.16. The maximum atomic E-state index is 12.1. The Morgan fingerprint density at radius 1 is 1.04 bits per heavy atom. The van der Waals surface area contributed by atoms with Crippen LogP contribution < -0.4 is 4.72 Å². The van der Waals surface area contributed by atoms with Gasteiger partial charge in [0.15, 0.2) is 5.78 Å². The van der Waals surface area contributed by atoms with Crippen molar-refractivity contribution >= 4 is 27.4 Å². The molecule has 0 unspecified atom stereocenters. The largest absolute Gasteiger partial charge is 0.294 e. The number of hydrogen-bond donors (Lipinski definition) is 1. The van der Waals surface area contributed by atoms with Crippen LogP contribution in [0.2, 0.25) is 5.02 Å². The summed E-state index contributed by atoms with van der Waals surface area (Å²) in [5, 5.41) is 0.491. The van der Waals surface area contributed by atoms with E-state index < -0.39 is 10.0 Å². The van der Waals surface area contributed by atoms with Crippen LogP contribution in [0.25, 0.3) is 0 Å². The molecule has 0 amide bonds. The molecule has 2 aromatic rings.